The smallest absolute Gasteiger partial charge is 0.0469 e. The van der Waals surface area contributed by atoms with Gasteiger partial charge in [-0.2, -0.15) is 0 Å². The predicted molar refractivity (Wildman–Crippen MR) is 70.0 cm³/mol. The number of hydrogen-bond acceptors (Lipinski definition) is 2. The fourth-order valence-electron chi connectivity index (χ4n) is 2.30. The van der Waals surface area contributed by atoms with Crippen molar-refractivity contribution in [2.45, 2.75) is 45.8 Å². The number of rotatable bonds is 5. The zero-order chi connectivity index (χ0) is 12.1. The number of nitrogens with zero attached hydrogens (tertiary/aromatic N) is 1. The monoisotopic (exact) mass is 236 g/mol. The lowest BCUT2D eigenvalue weighted by molar-refractivity contribution is 0.0610. The van der Waals surface area contributed by atoms with Gasteiger partial charge in [-0.25, -0.2) is 0 Å². The molecule has 1 aliphatic rings. The van der Waals surface area contributed by atoms with Crippen molar-refractivity contribution < 1.29 is 4.74 Å². The van der Waals surface area contributed by atoms with E-state index in [0.717, 1.165) is 32.2 Å². The van der Waals surface area contributed by atoms with E-state index in [-0.39, 0.29) is 0 Å². The first-order chi connectivity index (χ1) is 8.25. The molecule has 1 saturated heterocycles. The molecule has 1 fully saturated rings. The Morgan fingerprint density at radius 1 is 1.41 bits per heavy atom. The third-order valence-electron chi connectivity index (χ3n) is 3.41. The quantitative estimate of drug-likeness (QED) is 0.849. The zero-order valence-corrected chi connectivity index (χ0v) is 11.0. The van der Waals surface area contributed by atoms with Crippen molar-refractivity contribution in [3.05, 3.63) is 24.0 Å². The van der Waals surface area contributed by atoms with Gasteiger partial charge in [0, 0.05) is 44.2 Å². The zero-order valence-electron chi connectivity index (χ0n) is 11.0. The van der Waals surface area contributed by atoms with Crippen molar-refractivity contribution in [1.29, 1.82) is 0 Å². The Kier molecular flexibility index (Phi) is 4.63. The molecule has 1 aromatic heterocycles. The van der Waals surface area contributed by atoms with Crippen LogP contribution in [0.15, 0.2) is 18.3 Å². The minimum absolute atomic E-state index is 0.543. The van der Waals surface area contributed by atoms with Gasteiger partial charge in [0.05, 0.1) is 0 Å². The van der Waals surface area contributed by atoms with Crippen LogP contribution in [-0.4, -0.2) is 23.8 Å². The molecule has 1 N–H and O–H groups in total. The SMILES string of the molecule is CC(C)NCc1cccn1CC1CCOCC1. The number of ether oxygens (including phenoxy) is 1. The molecule has 0 saturated carbocycles. The maximum atomic E-state index is 5.41. The number of aromatic nitrogens is 1. The van der Waals surface area contributed by atoms with Gasteiger partial charge in [-0.15, -0.1) is 0 Å². The summed E-state index contributed by atoms with van der Waals surface area (Å²) in [5.41, 5.74) is 1.39. The van der Waals surface area contributed by atoms with Crippen molar-refractivity contribution in [1.82, 2.24) is 9.88 Å². The molecule has 0 amide bonds. The molecule has 3 heteroatoms. The first kappa shape index (κ1) is 12.7. The first-order valence-electron chi connectivity index (χ1n) is 6.71. The highest BCUT2D eigenvalue weighted by Gasteiger charge is 2.15. The van der Waals surface area contributed by atoms with Gasteiger partial charge >= 0.3 is 0 Å². The molecule has 0 atom stereocenters. The summed E-state index contributed by atoms with van der Waals surface area (Å²) in [5, 5.41) is 3.48. The number of hydrogen-bond donors (Lipinski definition) is 1. The number of nitrogens with one attached hydrogen (secondary N) is 1. The van der Waals surface area contributed by atoms with Crippen LogP contribution in [0.25, 0.3) is 0 Å². The summed E-state index contributed by atoms with van der Waals surface area (Å²) in [7, 11) is 0. The third-order valence-corrected chi connectivity index (χ3v) is 3.41. The van der Waals surface area contributed by atoms with Crippen LogP contribution in [0.3, 0.4) is 0 Å². The highest BCUT2D eigenvalue weighted by molar-refractivity contribution is 5.07. The van der Waals surface area contributed by atoms with Gasteiger partial charge in [-0.1, -0.05) is 13.8 Å². The molecule has 0 aliphatic carbocycles. The first-order valence-corrected chi connectivity index (χ1v) is 6.71. The van der Waals surface area contributed by atoms with Crippen molar-refractivity contribution >= 4 is 0 Å². The maximum absolute atomic E-state index is 5.41. The van der Waals surface area contributed by atoms with E-state index in [1.165, 1.54) is 18.5 Å². The summed E-state index contributed by atoms with van der Waals surface area (Å²) in [5.74, 6) is 0.786. The van der Waals surface area contributed by atoms with Gasteiger partial charge in [-0.05, 0) is 30.9 Å². The minimum atomic E-state index is 0.543. The molecule has 96 valence electrons. The molecular weight excluding hydrogens is 212 g/mol. The predicted octanol–water partition coefficient (Wildman–Crippen LogP) is 2.41. The Hall–Kier alpha value is -0.800. The second-order valence-electron chi connectivity index (χ2n) is 5.24. The van der Waals surface area contributed by atoms with Gasteiger partial charge in [0.1, 0.15) is 0 Å². The Labute approximate surface area is 104 Å². The van der Waals surface area contributed by atoms with E-state index in [1.54, 1.807) is 0 Å². The third kappa shape index (κ3) is 3.86. The molecule has 0 aromatic carbocycles. The lowest BCUT2D eigenvalue weighted by atomic mass is 10.0. The summed E-state index contributed by atoms with van der Waals surface area (Å²) >= 11 is 0. The van der Waals surface area contributed by atoms with Crippen LogP contribution in [0.2, 0.25) is 0 Å². The highest BCUT2D eigenvalue weighted by Crippen LogP contribution is 2.18. The van der Waals surface area contributed by atoms with E-state index in [1.807, 2.05) is 0 Å². The largest absolute Gasteiger partial charge is 0.381 e. The lowest BCUT2D eigenvalue weighted by Gasteiger charge is -2.23. The second kappa shape index (κ2) is 6.22. The van der Waals surface area contributed by atoms with E-state index in [4.69, 9.17) is 4.74 Å². The Balaban J connectivity index is 1.88. The molecule has 0 spiro atoms. The van der Waals surface area contributed by atoms with Gasteiger partial charge in [0.2, 0.25) is 0 Å². The summed E-state index contributed by atoms with van der Waals surface area (Å²) in [6.45, 7) is 8.36. The van der Waals surface area contributed by atoms with E-state index >= 15 is 0 Å². The molecule has 0 unspecified atom stereocenters. The highest BCUT2D eigenvalue weighted by atomic mass is 16.5. The average Bonchev–Trinajstić information content (AvgIpc) is 2.75. The Morgan fingerprint density at radius 2 is 2.18 bits per heavy atom. The molecule has 2 heterocycles. The van der Waals surface area contributed by atoms with Crippen LogP contribution < -0.4 is 5.32 Å². The summed E-state index contributed by atoms with van der Waals surface area (Å²) in [6.07, 6.45) is 4.61. The Bertz CT molecular complexity index is 327. The van der Waals surface area contributed by atoms with E-state index in [0.29, 0.717) is 6.04 Å². The lowest BCUT2D eigenvalue weighted by Crippen LogP contribution is -2.25. The molecule has 1 aromatic rings. The summed E-state index contributed by atoms with van der Waals surface area (Å²) < 4.78 is 7.80. The van der Waals surface area contributed by atoms with Crippen LogP contribution >= 0.6 is 0 Å². The van der Waals surface area contributed by atoms with E-state index in [9.17, 15) is 0 Å². The summed E-state index contributed by atoms with van der Waals surface area (Å²) in [4.78, 5) is 0. The Morgan fingerprint density at radius 3 is 2.88 bits per heavy atom. The van der Waals surface area contributed by atoms with Crippen LogP contribution in [0.1, 0.15) is 32.4 Å². The van der Waals surface area contributed by atoms with Crippen LogP contribution in [0.5, 0.6) is 0 Å². The maximum Gasteiger partial charge on any atom is 0.0469 e. The molecule has 0 bridgehead atoms. The van der Waals surface area contributed by atoms with Gasteiger partial charge in [0.25, 0.3) is 0 Å². The van der Waals surface area contributed by atoms with Crippen LogP contribution in [0, 0.1) is 5.92 Å². The molecule has 1 aliphatic heterocycles. The van der Waals surface area contributed by atoms with E-state index in [2.05, 4.69) is 42.1 Å². The second-order valence-corrected chi connectivity index (χ2v) is 5.24. The van der Waals surface area contributed by atoms with Gasteiger partial charge < -0.3 is 14.6 Å². The topological polar surface area (TPSA) is 26.2 Å². The van der Waals surface area contributed by atoms with Crippen molar-refractivity contribution in [3.8, 4) is 0 Å². The molecule has 2 rings (SSSR count). The normalized spacial score (nSPS) is 17.8. The fourth-order valence-corrected chi connectivity index (χ4v) is 2.30. The molecule has 0 radical (unpaired) electrons. The molecule has 17 heavy (non-hydrogen) atoms. The van der Waals surface area contributed by atoms with Crippen LogP contribution in [0.4, 0.5) is 0 Å². The van der Waals surface area contributed by atoms with Crippen LogP contribution in [-0.2, 0) is 17.8 Å². The van der Waals surface area contributed by atoms with Crippen molar-refractivity contribution in [2.24, 2.45) is 5.92 Å². The standard InChI is InChI=1S/C14H24N2O/c1-12(2)15-10-14-4-3-7-16(14)11-13-5-8-17-9-6-13/h3-4,7,12-13,15H,5-6,8-11H2,1-2H3. The van der Waals surface area contributed by atoms with Gasteiger partial charge in [-0.3, -0.25) is 0 Å². The van der Waals surface area contributed by atoms with Crippen molar-refractivity contribution in [2.75, 3.05) is 13.2 Å². The molecule has 3 nitrogen and oxygen atoms in total. The average molecular weight is 236 g/mol. The summed E-state index contributed by atoms with van der Waals surface area (Å²) in [6, 6.07) is 4.91. The van der Waals surface area contributed by atoms with Crippen molar-refractivity contribution in [3.63, 3.8) is 0 Å². The minimum Gasteiger partial charge on any atom is -0.381 e. The fraction of sp³-hybridized carbons (Fsp3) is 0.714. The molecular formula is C14H24N2O. The van der Waals surface area contributed by atoms with Gasteiger partial charge in [0.15, 0.2) is 0 Å². The van der Waals surface area contributed by atoms with E-state index < -0.39 is 0 Å².